The molecular weight excluding hydrogens is 470 g/mol. The third-order valence-electron chi connectivity index (χ3n) is 6.18. The number of halogens is 2. The molecule has 4 aromatic rings. The standard InChI is InChI=1S/C26H22F2N4O4/c27-18-6-7-22(21(28)13-18)36-19-8-10-31(11-9-19)25(34)17-12-20-23(29-14-17)32(26(35)30-24(20)33)15-16-4-2-1-3-5-16/h1-7,12-14,19H,8-11,15H2,(H,30,33,35). The number of hydrogen-bond acceptors (Lipinski definition) is 5. The summed E-state index contributed by atoms with van der Waals surface area (Å²) in [5, 5.41) is 0.140. The van der Waals surface area contributed by atoms with Gasteiger partial charge in [0, 0.05) is 38.2 Å². The lowest BCUT2D eigenvalue weighted by atomic mass is 10.1. The van der Waals surface area contributed by atoms with E-state index >= 15 is 0 Å². The molecule has 1 fully saturated rings. The minimum Gasteiger partial charge on any atom is -0.487 e. The van der Waals surface area contributed by atoms with Gasteiger partial charge in [0.2, 0.25) is 0 Å². The third-order valence-corrected chi connectivity index (χ3v) is 6.18. The quantitative estimate of drug-likeness (QED) is 0.462. The van der Waals surface area contributed by atoms with Crippen molar-refractivity contribution in [3.63, 3.8) is 0 Å². The smallest absolute Gasteiger partial charge is 0.330 e. The first-order valence-corrected chi connectivity index (χ1v) is 11.5. The number of benzene rings is 2. The van der Waals surface area contributed by atoms with Crippen molar-refractivity contribution >= 4 is 16.9 Å². The van der Waals surface area contributed by atoms with Crippen molar-refractivity contribution in [1.82, 2.24) is 19.4 Å². The second-order valence-electron chi connectivity index (χ2n) is 8.61. The van der Waals surface area contributed by atoms with E-state index in [1.807, 2.05) is 30.3 Å². The lowest BCUT2D eigenvalue weighted by molar-refractivity contribution is 0.0588. The van der Waals surface area contributed by atoms with E-state index in [-0.39, 0.29) is 40.9 Å². The molecule has 3 heterocycles. The molecule has 184 valence electrons. The highest BCUT2D eigenvalue weighted by Gasteiger charge is 2.26. The molecule has 2 aromatic heterocycles. The number of amides is 1. The van der Waals surface area contributed by atoms with Crippen LogP contribution in [0.25, 0.3) is 11.0 Å². The second kappa shape index (κ2) is 9.73. The number of fused-ring (bicyclic) bond motifs is 1. The normalized spacial score (nSPS) is 14.2. The number of H-pyrrole nitrogens is 1. The molecule has 0 unspecified atom stereocenters. The molecule has 0 aliphatic carbocycles. The fourth-order valence-electron chi connectivity index (χ4n) is 4.31. The van der Waals surface area contributed by atoms with Crippen LogP contribution in [0.1, 0.15) is 28.8 Å². The maximum atomic E-state index is 13.9. The summed E-state index contributed by atoms with van der Waals surface area (Å²) >= 11 is 0. The van der Waals surface area contributed by atoms with Gasteiger partial charge < -0.3 is 9.64 Å². The number of aromatic amines is 1. The van der Waals surface area contributed by atoms with Gasteiger partial charge in [0.05, 0.1) is 17.5 Å². The highest BCUT2D eigenvalue weighted by atomic mass is 19.1. The Morgan fingerprint density at radius 1 is 1.06 bits per heavy atom. The van der Waals surface area contributed by atoms with Crippen molar-refractivity contribution in [3.8, 4) is 5.75 Å². The van der Waals surface area contributed by atoms with Crippen molar-refractivity contribution in [2.45, 2.75) is 25.5 Å². The van der Waals surface area contributed by atoms with Crippen molar-refractivity contribution in [2.75, 3.05) is 13.1 Å². The summed E-state index contributed by atoms with van der Waals surface area (Å²) < 4.78 is 34.0. The van der Waals surface area contributed by atoms with Gasteiger partial charge in [-0.1, -0.05) is 30.3 Å². The molecule has 0 bridgehead atoms. The van der Waals surface area contributed by atoms with Crippen LogP contribution >= 0.6 is 0 Å². The second-order valence-corrected chi connectivity index (χ2v) is 8.61. The number of likely N-dealkylation sites (tertiary alicyclic amines) is 1. The van der Waals surface area contributed by atoms with Gasteiger partial charge in [-0.25, -0.2) is 18.6 Å². The molecule has 0 radical (unpaired) electrons. The zero-order valence-electron chi connectivity index (χ0n) is 19.1. The summed E-state index contributed by atoms with van der Waals surface area (Å²) in [5.74, 6) is -1.79. The molecule has 1 aliphatic heterocycles. The number of carbonyl (C=O) groups excluding carboxylic acids is 1. The Morgan fingerprint density at radius 2 is 1.81 bits per heavy atom. The van der Waals surface area contributed by atoms with Gasteiger partial charge in [-0.05, 0) is 23.8 Å². The Balaban J connectivity index is 1.32. The molecule has 1 saturated heterocycles. The highest BCUT2D eigenvalue weighted by Crippen LogP contribution is 2.24. The van der Waals surface area contributed by atoms with Crippen LogP contribution < -0.4 is 16.0 Å². The molecule has 1 aliphatic rings. The molecule has 5 rings (SSSR count). The summed E-state index contributed by atoms with van der Waals surface area (Å²) in [6, 6.07) is 13.9. The van der Waals surface area contributed by atoms with Crippen molar-refractivity contribution in [3.05, 3.63) is 104 Å². The molecule has 0 spiro atoms. The first kappa shape index (κ1) is 23.4. The van der Waals surface area contributed by atoms with E-state index in [9.17, 15) is 23.2 Å². The number of piperidine rings is 1. The van der Waals surface area contributed by atoms with Gasteiger partial charge in [0.15, 0.2) is 11.6 Å². The Labute approximate surface area is 203 Å². The number of pyridine rings is 1. The Kier molecular flexibility index (Phi) is 6.32. The van der Waals surface area contributed by atoms with E-state index in [0.717, 1.165) is 17.7 Å². The van der Waals surface area contributed by atoms with E-state index in [0.29, 0.717) is 25.9 Å². The van der Waals surface area contributed by atoms with E-state index in [1.165, 1.54) is 22.9 Å². The van der Waals surface area contributed by atoms with Gasteiger partial charge in [0.25, 0.3) is 11.5 Å². The van der Waals surface area contributed by atoms with Crippen LogP contribution in [0.3, 0.4) is 0 Å². The highest BCUT2D eigenvalue weighted by molar-refractivity contribution is 5.96. The predicted octanol–water partition coefficient (Wildman–Crippen LogP) is 3.09. The lowest BCUT2D eigenvalue weighted by Gasteiger charge is -2.32. The average molecular weight is 492 g/mol. The van der Waals surface area contributed by atoms with E-state index < -0.39 is 22.9 Å². The number of rotatable bonds is 5. The largest absolute Gasteiger partial charge is 0.487 e. The summed E-state index contributed by atoms with van der Waals surface area (Å²) in [6.07, 6.45) is 1.96. The van der Waals surface area contributed by atoms with Crippen molar-refractivity contribution < 1.29 is 18.3 Å². The number of ether oxygens (including phenoxy) is 1. The van der Waals surface area contributed by atoms with Crippen LogP contribution in [-0.2, 0) is 6.54 Å². The van der Waals surface area contributed by atoms with Gasteiger partial charge in [-0.2, -0.15) is 0 Å². The number of nitrogens with one attached hydrogen (secondary N) is 1. The van der Waals surface area contributed by atoms with Crippen LogP contribution in [0, 0.1) is 11.6 Å². The van der Waals surface area contributed by atoms with Crippen LogP contribution in [0.4, 0.5) is 8.78 Å². The SMILES string of the molecule is O=C(c1cnc2c(c1)c(=O)[nH]c(=O)n2Cc1ccccc1)N1CCC(Oc2ccc(F)cc2F)CC1. The van der Waals surface area contributed by atoms with Crippen molar-refractivity contribution in [1.29, 1.82) is 0 Å². The molecule has 2 aromatic carbocycles. The minimum absolute atomic E-state index is 0.0271. The Bertz CT molecular complexity index is 1540. The van der Waals surface area contributed by atoms with E-state index in [1.54, 1.807) is 4.90 Å². The number of carbonyl (C=O) groups is 1. The van der Waals surface area contributed by atoms with E-state index in [2.05, 4.69) is 9.97 Å². The molecular formula is C26H22F2N4O4. The number of aromatic nitrogens is 3. The third kappa shape index (κ3) is 4.74. The zero-order valence-corrected chi connectivity index (χ0v) is 19.1. The van der Waals surface area contributed by atoms with Crippen LogP contribution in [0.2, 0.25) is 0 Å². The fraction of sp³-hybridized carbons (Fsp3) is 0.231. The summed E-state index contributed by atoms with van der Waals surface area (Å²) in [5.41, 5.74) is 0.0810. The van der Waals surface area contributed by atoms with Gasteiger partial charge >= 0.3 is 5.69 Å². The molecule has 0 saturated carbocycles. The Hall–Kier alpha value is -4.34. The van der Waals surface area contributed by atoms with E-state index in [4.69, 9.17) is 4.74 Å². The van der Waals surface area contributed by atoms with Crippen LogP contribution in [0.15, 0.2) is 70.4 Å². The summed E-state index contributed by atoms with van der Waals surface area (Å²) in [7, 11) is 0. The first-order chi connectivity index (χ1) is 17.4. The monoisotopic (exact) mass is 492 g/mol. The van der Waals surface area contributed by atoms with Gasteiger partial charge in [-0.3, -0.25) is 19.1 Å². The lowest BCUT2D eigenvalue weighted by Crippen LogP contribution is -2.42. The first-order valence-electron chi connectivity index (χ1n) is 11.5. The topological polar surface area (TPSA) is 97.3 Å². The van der Waals surface area contributed by atoms with Crippen molar-refractivity contribution in [2.24, 2.45) is 0 Å². The predicted molar refractivity (Wildman–Crippen MR) is 128 cm³/mol. The average Bonchev–Trinajstić information content (AvgIpc) is 2.88. The molecule has 1 N–H and O–H groups in total. The van der Waals surface area contributed by atoms with Gasteiger partial charge in [-0.15, -0.1) is 0 Å². The zero-order chi connectivity index (χ0) is 25.2. The summed E-state index contributed by atoms with van der Waals surface area (Å²) in [4.78, 5) is 46.3. The molecule has 0 atom stereocenters. The molecule has 8 nitrogen and oxygen atoms in total. The van der Waals surface area contributed by atoms with Crippen LogP contribution in [0.5, 0.6) is 5.75 Å². The Morgan fingerprint density at radius 3 is 2.53 bits per heavy atom. The summed E-state index contributed by atoms with van der Waals surface area (Å²) in [6.45, 7) is 0.928. The van der Waals surface area contributed by atoms with Gasteiger partial charge in [0.1, 0.15) is 17.6 Å². The minimum atomic E-state index is -0.772. The molecule has 1 amide bonds. The number of hydrogen-bond donors (Lipinski definition) is 1. The maximum Gasteiger partial charge on any atom is 0.330 e. The fourth-order valence-corrected chi connectivity index (χ4v) is 4.31. The molecule has 10 heteroatoms. The number of nitrogens with zero attached hydrogens (tertiary/aromatic N) is 3. The maximum absolute atomic E-state index is 13.9. The molecule has 36 heavy (non-hydrogen) atoms. The van der Waals surface area contributed by atoms with Crippen LogP contribution in [-0.4, -0.2) is 44.5 Å².